The summed E-state index contributed by atoms with van der Waals surface area (Å²) in [5.41, 5.74) is 11.0. The Hall–Kier alpha value is -3.15. The molecule has 3 heterocycles. The summed E-state index contributed by atoms with van der Waals surface area (Å²) in [5, 5.41) is 4.88. The third-order valence-electron chi connectivity index (χ3n) is 4.32. The topological polar surface area (TPSA) is 69.9 Å². The molecule has 3 aromatic heterocycles. The van der Waals surface area contributed by atoms with E-state index < -0.39 is 0 Å². The summed E-state index contributed by atoms with van der Waals surface area (Å²) in [4.78, 5) is 4.78. The number of nitrogen functional groups attached to an aromatic ring is 1. The van der Waals surface area contributed by atoms with Crippen LogP contribution in [0.25, 0.3) is 22.3 Å². The van der Waals surface area contributed by atoms with E-state index in [9.17, 15) is 4.39 Å². The van der Waals surface area contributed by atoms with Gasteiger partial charge in [0.25, 0.3) is 0 Å². The number of hydrogen-bond acceptors (Lipinski definition) is 4. The third-order valence-corrected chi connectivity index (χ3v) is 4.32. The van der Waals surface area contributed by atoms with Crippen LogP contribution >= 0.6 is 0 Å². The molecule has 0 radical (unpaired) electrons. The van der Waals surface area contributed by atoms with E-state index in [1.807, 2.05) is 36.7 Å². The van der Waals surface area contributed by atoms with Crippen molar-refractivity contribution in [2.75, 3.05) is 5.73 Å². The first-order chi connectivity index (χ1) is 12.0. The average Bonchev–Trinajstić information content (AvgIpc) is 3.13. The predicted octanol–water partition coefficient (Wildman–Crippen LogP) is 4.08. The highest BCUT2D eigenvalue weighted by atomic mass is 19.1. The van der Waals surface area contributed by atoms with Gasteiger partial charge in [0.15, 0.2) is 0 Å². The lowest BCUT2D eigenvalue weighted by Gasteiger charge is -2.08. The van der Waals surface area contributed by atoms with Crippen molar-refractivity contribution in [2.45, 2.75) is 20.4 Å². The van der Waals surface area contributed by atoms with Gasteiger partial charge in [0.1, 0.15) is 17.2 Å². The molecule has 4 aromatic rings. The minimum atomic E-state index is -0.246. The van der Waals surface area contributed by atoms with Crippen molar-refractivity contribution in [3.8, 4) is 11.3 Å². The number of nitrogens with two attached hydrogens (primary N) is 1. The first-order valence-electron chi connectivity index (χ1n) is 7.96. The number of halogens is 1. The normalized spacial score (nSPS) is 11.3. The molecule has 0 unspecified atom stereocenters. The lowest BCUT2D eigenvalue weighted by atomic mass is 10.1. The number of fused-ring (bicyclic) bond motifs is 1. The van der Waals surface area contributed by atoms with Crippen molar-refractivity contribution in [3.63, 3.8) is 0 Å². The van der Waals surface area contributed by atoms with E-state index >= 15 is 0 Å². The van der Waals surface area contributed by atoms with E-state index in [1.165, 1.54) is 12.1 Å². The molecule has 0 saturated heterocycles. The zero-order chi connectivity index (χ0) is 17.6. The van der Waals surface area contributed by atoms with Crippen molar-refractivity contribution < 1.29 is 8.91 Å². The number of pyridine rings is 1. The van der Waals surface area contributed by atoms with Crippen LogP contribution in [0.1, 0.15) is 17.0 Å². The summed E-state index contributed by atoms with van der Waals surface area (Å²) >= 11 is 0. The molecule has 0 atom stereocenters. The first-order valence-corrected chi connectivity index (χ1v) is 7.96. The number of anilines is 1. The monoisotopic (exact) mass is 336 g/mol. The Kier molecular flexibility index (Phi) is 3.53. The first kappa shape index (κ1) is 15.4. The van der Waals surface area contributed by atoms with Gasteiger partial charge in [0.05, 0.1) is 17.0 Å². The van der Waals surface area contributed by atoms with E-state index in [4.69, 9.17) is 15.2 Å². The van der Waals surface area contributed by atoms with Crippen LogP contribution in [0.2, 0.25) is 0 Å². The summed E-state index contributed by atoms with van der Waals surface area (Å²) < 4.78 is 20.4. The summed E-state index contributed by atoms with van der Waals surface area (Å²) in [6.07, 6.45) is 1.94. The number of nitrogens with zero attached hydrogens (tertiary/aromatic N) is 3. The maximum absolute atomic E-state index is 13.1. The van der Waals surface area contributed by atoms with Gasteiger partial charge in [-0.1, -0.05) is 17.3 Å². The molecule has 0 aliphatic rings. The van der Waals surface area contributed by atoms with Crippen LogP contribution < -0.4 is 5.73 Å². The van der Waals surface area contributed by atoms with Crippen molar-refractivity contribution in [1.82, 2.24) is 14.7 Å². The van der Waals surface area contributed by atoms with Gasteiger partial charge < -0.3 is 14.8 Å². The van der Waals surface area contributed by atoms with Crippen molar-refractivity contribution in [1.29, 1.82) is 0 Å². The molecule has 2 N–H and O–H groups in total. The van der Waals surface area contributed by atoms with E-state index in [-0.39, 0.29) is 5.82 Å². The molecule has 1 aromatic carbocycles. The summed E-state index contributed by atoms with van der Waals surface area (Å²) in [6, 6.07) is 10.2. The SMILES string of the molecule is Cc1noc(C)c1-c1cc(N)c2ccn(Cc3ccc(F)cc3)c2n1. The molecule has 25 heavy (non-hydrogen) atoms. The summed E-state index contributed by atoms with van der Waals surface area (Å²) in [7, 11) is 0. The molecule has 6 heteroatoms. The Morgan fingerprint density at radius 2 is 1.92 bits per heavy atom. The smallest absolute Gasteiger partial charge is 0.143 e. The molecule has 5 nitrogen and oxygen atoms in total. The fraction of sp³-hybridized carbons (Fsp3) is 0.158. The van der Waals surface area contributed by atoms with Gasteiger partial charge in [-0.2, -0.15) is 0 Å². The average molecular weight is 336 g/mol. The third kappa shape index (κ3) is 2.65. The van der Waals surface area contributed by atoms with Gasteiger partial charge in [-0.25, -0.2) is 9.37 Å². The highest BCUT2D eigenvalue weighted by Gasteiger charge is 2.16. The number of aryl methyl sites for hydroxylation is 2. The van der Waals surface area contributed by atoms with Crippen molar-refractivity contribution in [3.05, 3.63) is 65.4 Å². The zero-order valence-corrected chi connectivity index (χ0v) is 14.0. The van der Waals surface area contributed by atoms with Crippen LogP contribution in [-0.4, -0.2) is 14.7 Å². The number of rotatable bonds is 3. The largest absolute Gasteiger partial charge is 0.398 e. The molecule has 0 bridgehead atoms. The van der Waals surface area contributed by atoms with Crippen LogP contribution in [0, 0.1) is 19.7 Å². The van der Waals surface area contributed by atoms with E-state index in [0.29, 0.717) is 18.0 Å². The van der Waals surface area contributed by atoms with Gasteiger partial charge >= 0.3 is 0 Å². The molecule has 4 rings (SSSR count). The fourth-order valence-electron chi connectivity index (χ4n) is 3.08. The quantitative estimate of drug-likeness (QED) is 0.612. The Labute approximate surface area is 143 Å². The minimum Gasteiger partial charge on any atom is -0.398 e. The fourth-order valence-corrected chi connectivity index (χ4v) is 3.08. The lowest BCUT2D eigenvalue weighted by Crippen LogP contribution is -2.01. The van der Waals surface area contributed by atoms with Crippen LogP contribution in [0.5, 0.6) is 0 Å². The van der Waals surface area contributed by atoms with E-state index in [0.717, 1.165) is 33.5 Å². The van der Waals surface area contributed by atoms with Crippen LogP contribution in [-0.2, 0) is 6.54 Å². The highest BCUT2D eigenvalue weighted by molar-refractivity contribution is 5.91. The Morgan fingerprint density at radius 3 is 2.60 bits per heavy atom. The lowest BCUT2D eigenvalue weighted by molar-refractivity contribution is 0.393. The zero-order valence-electron chi connectivity index (χ0n) is 14.0. The second kappa shape index (κ2) is 5.73. The molecule has 0 spiro atoms. The molecular weight excluding hydrogens is 319 g/mol. The van der Waals surface area contributed by atoms with Crippen LogP contribution in [0.4, 0.5) is 10.1 Å². The van der Waals surface area contributed by atoms with Gasteiger partial charge in [0, 0.05) is 23.8 Å². The Morgan fingerprint density at radius 1 is 1.16 bits per heavy atom. The molecule has 0 aliphatic heterocycles. The van der Waals surface area contributed by atoms with Crippen molar-refractivity contribution >= 4 is 16.7 Å². The van der Waals surface area contributed by atoms with Gasteiger partial charge in [-0.3, -0.25) is 0 Å². The second-order valence-corrected chi connectivity index (χ2v) is 6.10. The Bertz CT molecular complexity index is 1040. The summed E-state index contributed by atoms with van der Waals surface area (Å²) in [6.45, 7) is 4.32. The number of benzene rings is 1. The van der Waals surface area contributed by atoms with E-state index in [1.54, 1.807) is 12.1 Å². The summed E-state index contributed by atoms with van der Waals surface area (Å²) in [5.74, 6) is 0.463. The molecular formula is C19H17FN4O. The maximum atomic E-state index is 13.1. The van der Waals surface area contributed by atoms with Gasteiger partial charge in [0.2, 0.25) is 0 Å². The molecule has 126 valence electrons. The van der Waals surface area contributed by atoms with Crippen molar-refractivity contribution in [2.24, 2.45) is 0 Å². The number of aromatic nitrogens is 3. The van der Waals surface area contributed by atoms with Crippen LogP contribution in [0.15, 0.2) is 47.1 Å². The van der Waals surface area contributed by atoms with Gasteiger partial charge in [-0.15, -0.1) is 0 Å². The molecule has 0 aliphatic carbocycles. The maximum Gasteiger partial charge on any atom is 0.143 e. The minimum absolute atomic E-state index is 0.246. The Balaban J connectivity index is 1.83. The van der Waals surface area contributed by atoms with Crippen LogP contribution in [0.3, 0.4) is 0 Å². The standard InChI is InChI=1S/C19H17FN4O/c1-11-18(12(2)25-23-11)17-9-16(21)15-7-8-24(19(15)22-17)10-13-3-5-14(20)6-4-13/h3-9H,10H2,1-2H3,(H2,21,22). The second-order valence-electron chi connectivity index (χ2n) is 6.10. The predicted molar refractivity (Wildman–Crippen MR) is 94.6 cm³/mol. The van der Waals surface area contributed by atoms with Gasteiger partial charge in [-0.05, 0) is 43.7 Å². The molecule has 0 fully saturated rings. The number of hydrogen-bond donors (Lipinski definition) is 1. The molecule has 0 saturated carbocycles. The molecule has 0 amide bonds. The highest BCUT2D eigenvalue weighted by Crippen LogP contribution is 2.31. The van der Waals surface area contributed by atoms with E-state index in [2.05, 4.69) is 5.16 Å².